The van der Waals surface area contributed by atoms with Crippen LogP contribution < -0.4 is 15.4 Å². The van der Waals surface area contributed by atoms with E-state index < -0.39 is 29.0 Å². The van der Waals surface area contributed by atoms with E-state index in [-0.39, 0.29) is 6.61 Å². The van der Waals surface area contributed by atoms with Crippen LogP contribution in [0.1, 0.15) is 26.7 Å². The molecule has 0 bridgehead atoms. The summed E-state index contributed by atoms with van der Waals surface area (Å²) in [6.07, 6.45) is 1.48. The van der Waals surface area contributed by atoms with Crippen LogP contribution in [0.15, 0.2) is 24.3 Å². The molecule has 2 saturated heterocycles. The van der Waals surface area contributed by atoms with Gasteiger partial charge < -0.3 is 29.7 Å². The number of hydrogen-bond acceptors (Lipinski definition) is 7. The van der Waals surface area contributed by atoms with Gasteiger partial charge in [0.25, 0.3) is 17.4 Å². The third kappa shape index (κ3) is 3.69. The number of unbranched alkanes of at least 4 members (excludes halogenated alkanes) is 1. The molecule has 164 valence electrons. The molecule has 0 spiro atoms. The number of anilines is 1. The van der Waals surface area contributed by atoms with E-state index in [0.717, 1.165) is 17.9 Å². The normalized spacial score (nSPS) is 25.6. The lowest BCUT2D eigenvalue weighted by Crippen LogP contribution is -2.56. The van der Waals surface area contributed by atoms with Crippen molar-refractivity contribution in [2.75, 3.05) is 44.8 Å². The van der Waals surface area contributed by atoms with E-state index >= 15 is 0 Å². The van der Waals surface area contributed by atoms with Crippen LogP contribution in [-0.2, 0) is 23.9 Å². The summed E-state index contributed by atoms with van der Waals surface area (Å²) in [6.45, 7) is 5.62. The fourth-order valence-electron chi connectivity index (χ4n) is 3.77. The van der Waals surface area contributed by atoms with Crippen LogP contribution in [0.2, 0.25) is 0 Å². The number of rotatable bonds is 8. The maximum atomic E-state index is 13.1. The molecule has 0 aromatic heterocycles. The summed E-state index contributed by atoms with van der Waals surface area (Å²) in [7, 11) is 1.62. The second kappa shape index (κ2) is 8.51. The van der Waals surface area contributed by atoms with E-state index in [1.54, 1.807) is 12.0 Å². The Labute approximate surface area is 176 Å². The fourth-order valence-corrected chi connectivity index (χ4v) is 3.77. The Morgan fingerprint density at radius 2 is 1.77 bits per heavy atom. The average Bonchev–Trinajstić information content (AvgIpc) is 3.42. The van der Waals surface area contributed by atoms with Gasteiger partial charge in [-0.2, -0.15) is 0 Å². The molecule has 9 nitrogen and oxygen atoms in total. The van der Waals surface area contributed by atoms with Gasteiger partial charge in [-0.1, -0.05) is 13.3 Å². The molecule has 0 aliphatic carbocycles. The van der Waals surface area contributed by atoms with Crippen LogP contribution in [0.25, 0.3) is 0 Å². The van der Waals surface area contributed by atoms with Gasteiger partial charge in [-0.3, -0.25) is 9.59 Å². The molecule has 2 aliphatic rings. The van der Waals surface area contributed by atoms with Crippen molar-refractivity contribution in [3.8, 4) is 5.75 Å². The van der Waals surface area contributed by atoms with Crippen molar-refractivity contribution in [1.82, 2.24) is 4.90 Å². The first-order valence-electron chi connectivity index (χ1n) is 10.2. The molecule has 2 unspecified atom stereocenters. The van der Waals surface area contributed by atoms with Gasteiger partial charge in [-0.25, -0.2) is 4.79 Å². The topological polar surface area (TPSA) is 115 Å². The van der Waals surface area contributed by atoms with Crippen molar-refractivity contribution in [2.24, 2.45) is 5.73 Å². The van der Waals surface area contributed by atoms with Gasteiger partial charge in [0.15, 0.2) is 5.60 Å². The number of ether oxygens (including phenoxy) is 3. The summed E-state index contributed by atoms with van der Waals surface area (Å²) < 4.78 is 15.8. The van der Waals surface area contributed by atoms with Crippen LogP contribution in [0.4, 0.5) is 5.69 Å². The molecule has 2 heterocycles. The number of piperazine rings is 1. The summed E-state index contributed by atoms with van der Waals surface area (Å²) in [5.41, 5.74) is 2.79. The maximum absolute atomic E-state index is 13.1. The predicted octanol–water partition coefficient (Wildman–Crippen LogP) is 0.700. The molecule has 2 atom stereocenters. The van der Waals surface area contributed by atoms with E-state index in [2.05, 4.69) is 4.90 Å². The molecule has 2 fully saturated rings. The zero-order chi connectivity index (χ0) is 21.9. The minimum Gasteiger partial charge on any atom is -0.497 e. The SMILES string of the molecule is CCCCOC(=O)C1(C(N)=O)OC1(C)C(=O)N1CCN(c2ccc(OC)cc2)CC1. The Hall–Kier alpha value is -2.81. The molecule has 2 aliphatic heterocycles. The average molecular weight is 419 g/mol. The quantitative estimate of drug-likeness (QED) is 0.285. The third-order valence-electron chi connectivity index (χ3n) is 5.77. The van der Waals surface area contributed by atoms with Gasteiger partial charge in [-0.05, 0) is 37.6 Å². The second-order valence-electron chi connectivity index (χ2n) is 7.65. The van der Waals surface area contributed by atoms with Crippen molar-refractivity contribution in [3.63, 3.8) is 0 Å². The third-order valence-corrected chi connectivity index (χ3v) is 5.77. The number of hydrogen-bond donors (Lipinski definition) is 1. The molecular formula is C21H29N3O6. The van der Waals surface area contributed by atoms with Crippen molar-refractivity contribution >= 4 is 23.5 Å². The van der Waals surface area contributed by atoms with Crippen LogP contribution in [0, 0.1) is 0 Å². The monoisotopic (exact) mass is 419 g/mol. The fraction of sp³-hybridized carbons (Fsp3) is 0.571. The van der Waals surface area contributed by atoms with Crippen molar-refractivity contribution < 1.29 is 28.6 Å². The summed E-state index contributed by atoms with van der Waals surface area (Å²) in [5.74, 6) is -1.55. The van der Waals surface area contributed by atoms with Crippen LogP contribution in [0.3, 0.4) is 0 Å². The van der Waals surface area contributed by atoms with Gasteiger partial charge in [0, 0.05) is 31.9 Å². The smallest absolute Gasteiger partial charge is 0.352 e. The number of nitrogens with zero attached hydrogens (tertiary/aromatic N) is 2. The number of amides is 2. The van der Waals surface area contributed by atoms with Gasteiger partial charge in [0.1, 0.15) is 5.75 Å². The van der Waals surface area contributed by atoms with Crippen LogP contribution in [-0.4, -0.2) is 73.8 Å². The molecule has 3 rings (SSSR count). The highest BCUT2D eigenvalue weighted by Gasteiger charge is 2.82. The van der Waals surface area contributed by atoms with Gasteiger partial charge in [0.2, 0.25) is 0 Å². The van der Waals surface area contributed by atoms with Crippen LogP contribution in [0.5, 0.6) is 5.75 Å². The van der Waals surface area contributed by atoms with Gasteiger partial charge >= 0.3 is 5.97 Å². The molecule has 30 heavy (non-hydrogen) atoms. The Kier molecular flexibility index (Phi) is 6.21. The number of primary amides is 1. The van der Waals surface area contributed by atoms with Gasteiger partial charge in [-0.15, -0.1) is 0 Å². The predicted molar refractivity (Wildman–Crippen MR) is 109 cm³/mol. The number of epoxide rings is 1. The number of carbonyl (C=O) groups is 3. The van der Waals surface area contributed by atoms with E-state index in [9.17, 15) is 14.4 Å². The number of nitrogens with two attached hydrogens (primary N) is 1. The highest BCUT2D eigenvalue weighted by molar-refractivity contribution is 6.17. The summed E-state index contributed by atoms with van der Waals surface area (Å²) in [5, 5.41) is 0. The van der Waals surface area contributed by atoms with E-state index in [4.69, 9.17) is 19.9 Å². The Bertz CT molecular complexity index is 805. The van der Waals surface area contributed by atoms with E-state index in [1.165, 1.54) is 6.92 Å². The zero-order valence-electron chi connectivity index (χ0n) is 17.7. The molecule has 1 aromatic rings. The first-order valence-corrected chi connectivity index (χ1v) is 10.2. The highest BCUT2D eigenvalue weighted by Crippen LogP contribution is 2.50. The molecule has 2 amide bonds. The van der Waals surface area contributed by atoms with Crippen LogP contribution >= 0.6 is 0 Å². The van der Waals surface area contributed by atoms with Crippen molar-refractivity contribution in [1.29, 1.82) is 0 Å². The number of esters is 1. The minimum absolute atomic E-state index is 0.151. The number of benzene rings is 1. The lowest BCUT2D eigenvalue weighted by atomic mass is 9.91. The molecule has 1 aromatic carbocycles. The standard InChI is InChI=1S/C21H29N3O6/c1-4-5-14-29-19(27)21(17(22)25)20(2,30-21)18(26)24-12-10-23(11-13-24)15-6-8-16(28-3)9-7-15/h6-9H,4-5,10-14H2,1-3H3,(H2,22,25). The Morgan fingerprint density at radius 1 is 1.13 bits per heavy atom. The first-order chi connectivity index (χ1) is 14.3. The molecule has 0 radical (unpaired) electrons. The lowest BCUT2D eigenvalue weighted by molar-refractivity contribution is -0.154. The first kappa shape index (κ1) is 21.9. The lowest BCUT2D eigenvalue weighted by Gasteiger charge is -2.37. The van der Waals surface area contributed by atoms with Gasteiger partial charge in [0.05, 0.1) is 13.7 Å². The number of methoxy groups -OCH3 is 1. The van der Waals surface area contributed by atoms with E-state index in [0.29, 0.717) is 32.6 Å². The van der Waals surface area contributed by atoms with E-state index in [1.807, 2.05) is 31.2 Å². The van der Waals surface area contributed by atoms with Crippen molar-refractivity contribution in [3.05, 3.63) is 24.3 Å². The second-order valence-corrected chi connectivity index (χ2v) is 7.65. The maximum Gasteiger partial charge on any atom is 0.352 e. The summed E-state index contributed by atoms with van der Waals surface area (Å²) >= 11 is 0. The zero-order valence-corrected chi connectivity index (χ0v) is 17.7. The van der Waals surface area contributed by atoms with Crippen molar-refractivity contribution in [2.45, 2.75) is 37.9 Å². The molecule has 2 N–H and O–H groups in total. The Balaban J connectivity index is 1.63. The Morgan fingerprint density at radius 3 is 2.30 bits per heavy atom. The molecule has 9 heteroatoms. The minimum atomic E-state index is -2.05. The summed E-state index contributed by atoms with van der Waals surface area (Å²) in [4.78, 5) is 41.4. The number of carbonyl (C=O) groups excluding carboxylic acids is 3. The highest BCUT2D eigenvalue weighted by atomic mass is 16.7. The summed E-state index contributed by atoms with van der Waals surface area (Å²) in [6, 6.07) is 7.70. The molecular weight excluding hydrogens is 390 g/mol. The molecule has 0 saturated carbocycles. The largest absolute Gasteiger partial charge is 0.497 e.